The number of rotatable bonds is 5. The third-order valence-corrected chi connectivity index (χ3v) is 5.14. The Morgan fingerprint density at radius 1 is 1.23 bits per heavy atom. The number of fused-ring (bicyclic) bond motifs is 1. The second-order valence-corrected chi connectivity index (χ2v) is 6.46. The molecule has 0 aliphatic heterocycles. The van der Waals surface area contributed by atoms with Crippen molar-refractivity contribution in [2.24, 2.45) is 0 Å². The van der Waals surface area contributed by atoms with Crippen LogP contribution in [0.3, 0.4) is 0 Å². The Balaban J connectivity index is 2.25. The van der Waals surface area contributed by atoms with Crippen LogP contribution in [0, 0.1) is 17.0 Å². The number of benzene rings is 1. The van der Waals surface area contributed by atoms with Gasteiger partial charge >= 0.3 is 0 Å². The van der Waals surface area contributed by atoms with Crippen molar-refractivity contribution in [1.29, 1.82) is 0 Å². The summed E-state index contributed by atoms with van der Waals surface area (Å²) >= 11 is 0. The molecule has 1 aliphatic carbocycles. The second-order valence-electron chi connectivity index (χ2n) is 6.46. The first-order chi connectivity index (χ1) is 12.5. The van der Waals surface area contributed by atoms with Gasteiger partial charge in [0.25, 0.3) is 0 Å². The zero-order valence-corrected chi connectivity index (χ0v) is 15.1. The lowest BCUT2D eigenvalue weighted by atomic mass is 9.74. The van der Waals surface area contributed by atoms with Crippen LogP contribution in [0.4, 0.5) is 0 Å². The molecule has 0 saturated carbocycles. The molecule has 1 heterocycles. The number of aromatic nitrogens is 1. The van der Waals surface area contributed by atoms with E-state index in [9.17, 15) is 15.2 Å². The van der Waals surface area contributed by atoms with Crippen molar-refractivity contribution in [3.05, 3.63) is 62.5 Å². The standard InChI is InChI=1S/C19H22N2O5/c1-11-8-20-9-14(15(11)10-22)19-13-7-18(26-3)17(25-2)6-12(13)4-5-16(19)21(23)24/h6-9,16,19,22H,4-5,10H2,1-3H3. The summed E-state index contributed by atoms with van der Waals surface area (Å²) in [6.07, 6.45) is 4.30. The van der Waals surface area contributed by atoms with Gasteiger partial charge in [0.2, 0.25) is 6.04 Å². The highest BCUT2D eigenvalue weighted by Crippen LogP contribution is 2.44. The Morgan fingerprint density at radius 2 is 1.92 bits per heavy atom. The Labute approximate surface area is 151 Å². The molecule has 0 bridgehead atoms. The van der Waals surface area contributed by atoms with E-state index in [4.69, 9.17) is 9.47 Å². The van der Waals surface area contributed by atoms with E-state index in [1.807, 2.05) is 19.1 Å². The summed E-state index contributed by atoms with van der Waals surface area (Å²) in [6, 6.07) is 2.92. The van der Waals surface area contributed by atoms with Crippen LogP contribution in [0.1, 0.15) is 40.2 Å². The molecule has 0 amide bonds. The van der Waals surface area contributed by atoms with Crippen molar-refractivity contribution in [3.8, 4) is 11.5 Å². The predicted octanol–water partition coefficient (Wildman–Crippen LogP) is 2.62. The van der Waals surface area contributed by atoms with Gasteiger partial charge in [-0.2, -0.15) is 0 Å². The van der Waals surface area contributed by atoms with E-state index in [0.29, 0.717) is 35.5 Å². The SMILES string of the molecule is COc1cc2c(cc1OC)C(c1cncc(C)c1CO)C([N+](=O)[O-])CC2. The molecule has 0 fully saturated rings. The lowest BCUT2D eigenvalue weighted by Crippen LogP contribution is -2.34. The van der Waals surface area contributed by atoms with Gasteiger partial charge in [-0.1, -0.05) is 0 Å². The smallest absolute Gasteiger partial charge is 0.224 e. The van der Waals surface area contributed by atoms with Crippen LogP contribution < -0.4 is 9.47 Å². The minimum Gasteiger partial charge on any atom is -0.493 e. The first-order valence-corrected chi connectivity index (χ1v) is 8.44. The Hall–Kier alpha value is -2.67. The topological polar surface area (TPSA) is 94.7 Å². The molecular weight excluding hydrogens is 336 g/mol. The Bertz CT molecular complexity index is 837. The van der Waals surface area contributed by atoms with Gasteiger partial charge in [0.15, 0.2) is 11.5 Å². The molecule has 1 aliphatic rings. The van der Waals surface area contributed by atoms with Gasteiger partial charge in [0.1, 0.15) is 0 Å². The fourth-order valence-electron chi connectivity index (χ4n) is 3.82. The second kappa shape index (κ2) is 7.29. The van der Waals surface area contributed by atoms with Crippen LogP contribution in [-0.4, -0.2) is 35.3 Å². The summed E-state index contributed by atoms with van der Waals surface area (Å²) in [7, 11) is 3.11. The van der Waals surface area contributed by atoms with E-state index in [-0.39, 0.29) is 11.5 Å². The van der Waals surface area contributed by atoms with Crippen LogP contribution in [0.25, 0.3) is 0 Å². The van der Waals surface area contributed by atoms with E-state index in [1.54, 1.807) is 26.6 Å². The predicted molar refractivity (Wildman–Crippen MR) is 95.4 cm³/mol. The molecule has 138 valence electrons. The van der Waals surface area contributed by atoms with Crippen LogP contribution in [-0.2, 0) is 13.0 Å². The third-order valence-electron chi connectivity index (χ3n) is 5.14. The van der Waals surface area contributed by atoms with Gasteiger partial charge in [0, 0.05) is 23.7 Å². The minimum absolute atomic E-state index is 0.187. The van der Waals surface area contributed by atoms with Crippen molar-refractivity contribution >= 4 is 0 Å². The van der Waals surface area contributed by atoms with Gasteiger partial charge in [-0.05, 0) is 53.3 Å². The molecule has 0 radical (unpaired) electrons. The molecule has 0 saturated heterocycles. The van der Waals surface area contributed by atoms with E-state index in [1.165, 1.54) is 0 Å². The van der Waals surface area contributed by atoms with Gasteiger partial charge in [-0.15, -0.1) is 0 Å². The minimum atomic E-state index is -0.783. The molecule has 2 atom stereocenters. The molecule has 1 N–H and O–H groups in total. The molecule has 1 aromatic carbocycles. The maximum absolute atomic E-state index is 11.8. The quantitative estimate of drug-likeness (QED) is 0.652. The van der Waals surface area contributed by atoms with Crippen LogP contribution in [0.15, 0.2) is 24.5 Å². The first-order valence-electron chi connectivity index (χ1n) is 8.44. The molecule has 2 unspecified atom stereocenters. The molecule has 26 heavy (non-hydrogen) atoms. The number of hydrogen-bond acceptors (Lipinski definition) is 6. The highest BCUT2D eigenvalue weighted by atomic mass is 16.6. The molecule has 1 aromatic heterocycles. The third kappa shape index (κ3) is 2.99. The Morgan fingerprint density at radius 3 is 2.54 bits per heavy atom. The van der Waals surface area contributed by atoms with Gasteiger partial charge in [0.05, 0.1) is 26.7 Å². The number of ether oxygens (including phenoxy) is 2. The number of hydrogen-bond donors (Lipinski definition) is 1. The fraction of sp³-hybridized carbons (Fsp3) is 0.421. The summed E-state index contributed by atoms with van der Waals surface area (Å²) in [6.45, 7) is 1.66. The van der Waals surface area contributed by atoms with Crippen molar-refractivity contribution in [2.75, 3.05) is 14.2 Å². The van der Waals surface area contributed by atoms with E-state index in [0.717, 1.165) is 16.7 Å². The molecule has 2 aromatic rings. The zero-order valence-electron chi connectivity index (χ0n) is 15.1. The number of methoxy groups -OCH3 is 2. The van der Waals surface area contributed by atoms with E-state index < -0.39 is 12.0 Å². The maximum Gasteiger partial charge on any atom is 0.224 e. The maximum atomic E-state index is 11.8. The molecule has 3 rings (SSSR count). The molecule has 7 heteroatoms. The lowest BCUT2D eigenvalue weighted by molar-refractivity contribution is -0.526. The van der Waals surface area contributed by atoms with E-state index in [2.05, 4.69) is 4.98 Å². The summed E-state index contributed by atoms with van der Waals surface area (Å²) in [5.74, 6) is 0.642. The van der Waals surface area contributed by atoms with Crippen LogP contribution in [0.2, 0.25) is 0 Å². The zero-order chi connectivity index (χ0) is 18.8. The highest BCUT2D eigenvalue weighted by Gasteiger charge is 2.40. The highest BCUT2D eigenvalue weighted by molar-refractivity contribution is 5.53. The summed E-state index contributed by atoms with van der Waals surface area (Å²) in [5.41, 5.74) is 4.04. The van der Waals surface area contributed by atoms with Crippen molar-refractivity contribution in [3.63, 3.8) is 0 Å². The summed E-state index contributed by atoms with van der Waals surface area (Å²) < 4.78 is 10.8. The largest absolute Gasteiger partial charge is 0.493 e. The van der Waals surface area contributed by atoms with Crippen LogP contribution in [0.5, 0.6) is 11.5 Å². The summed E-state index contributed by atoms with van der Waals surface area (Å²) in [4.78, 5) is 15.8. The van der Waals surface area contributed by atoms with E-state index >= 15 is 0 Å². The van der Waals surface area contributed by atoms with Crippen molar-refractivity contribution < 1.29 is 19.5 Å². The normalized spacial score (nSPS) is 18.9. The number of nitro groups is 1. The van der Waals surface area contributed by atoms with Gasteiger partial charge < -0.3 is 14.6 Å². The van der Waals surface area contributed by atoms with Crippen molar-refractivity contribution in [2.45, 2.75) is 38.3 Å². The number of aryl methyl sites for hydroxylation is 2. The summed E-state index contributed by atoms with van der Waals surface area (Å²) in [5, 5.41) is 21.6. The lowest BCUT2D eigenvalue weighted by Gasteiger charge is -2.30. The molecule has 7 nitrogen and oxygen atoms in total. The fourth-order valence-corrected chi connectivity index (χ4v) is 3.82. The van der Waals surface area contributed by atoms with Crippen molar-refractivity contribution in [1.82, 2.24) is 4.98 Å². The number of nitrogens with zero attached hydrogens (tertiary/aromatic N) is 2. The number of aliphatic hydroxyl groups excluding tert-OH is 1. The average Bonchev–Trinajstić information content (AvgIpc) is 2.65. The van der Waals surface area contributed by atoms with Crippen LogP contribution >= 0.6 is 0 Å². The van der Waals surface area contributed by atoms with Gasteiger partial charge in [-0.25, -0.2) is 0 Å². The molecular formula is C19H22N2O5. The Kier molecular flexibility index (Phi) is 5.08. The average molecular weight is 358 g/mol. The number of pyridine rings is 1. The first kappa shape index (κ1) is 18.1. The van der Waals surface area contributed by atoms with Gasteiger partial charge in [-0.3, -0.25) is 15.1 Å². The monoisotopic (exact) mass is 358 g/mol. The molecule has 0 spiro atoms. The number of aliphatic hydroxyl groups is 1.